The van der Waals surface area contributed by atoms with Crippen LogP contribution in [-0.4, -0.2) is 163 Å². The number of likely N-dealkylation sites (tertiary alicyclic amines) is 1. The molecule has 85 heavy (non-hydrogen) atoms. The maximum atomic E-state index is 14.3. The number of methoxy groups -OCH3 is 1. The summed E-state index contributed by atoms with van der Waals surface area (Å²) in [6.07, 6.45) is 0.987. The monoisotopic (exact) mass is 1190 g/mol. The van der Waals surface area contributed by atoms with E-state index in [1.165, 1.54) is 19.6 Å². The summed E-state index contributed by atoms with van der Waals surface area (Å²) in [5.41, 5.74) is 4.93. The van der Waals surface area contributed by atoms with E-state index in [1.54, 1.807) is 49.9 Å². The molecule has 4 aliphatic heterocycles. The van der Waals surface area contributed by atoms with Gasteiger partial charge in [-0.2, -0.15) is 0 Å². The predicted octanol–water partition coefficient (Wildman–Crippen LogP) is 3.76. The predicted molar refractivity (Wildman–Crippen MR) is 315 cm³/mol. The van der Waals surface area contributed by atoms with Crippen LogP contribution in [-0.2, 0) is 66.3 Å². The molecule has 5 amide bonds. The van der Waals surface area contributed by atoms with Crippen LogP contribution < -0.4 is 31.3 Å². The highest BCUT2D eigenvalue weighted by atomic mass is 32.1. The number of ether oxygens (including phenoxy) is 4. The summed E-state index contributed by atoms with van der Waals surface area (Å²) >= 11 is 5.76. The van der Waals surface area contributed by atoms with Crippen molar-refractivity contribution in [1.82, 2.24) is 46.0 Å². The maximum absolute atomic E-state index is 14.3. The average Bonchev–Trinajstić information content (AvgIpc) is 1.51. The number of ketones is 1. The fourth-order valence-corrected chi connectivity index (χ4v) is 12.6. The highest BCUT2D eigenvalue weighted by Crippen LogP contribution is 2.67. The number of pyridine rings is 1. The summed E-state index contributed by atoms with van der Waals surface area (Å²) < 4.78 is 22.6. The average molecular weight is 1190 g/mol. The van der Waals surface area contributed by atoms with Crippen molar-refractivity contribution in [2.24, 2.45) is 17.8 Å². The fraction of sp³-hybridized carbons (Fsp3) is 0.541. The molecule has 456 valence electrons. The van der Waals surface area contributed by atoms with Gasteiger partial charge in [0.2, 0.25) is 29.9 Å². The van der Waals surface area contributed by atoms with Gasteiger partial charge in [-0.25, -0.2) is 9.97 Å². The molecular weight excluding hydrogens is 1110 g/mol. The van der Waals surface area contributed by atoms with Crippen LogP contribution in [0.4, 0.5) is 5.69 Å². The number of Topliss-reactive ketones (excluding diaryl/α,β-unsaturated/α-hetero) is 1. The van der Waals surface area contributed by atoms with E-state index in [9.17, 15) is 43.8 Å². The Labute approximate surface area is 499 Å². The third kappa shape index (κ3) is 13.8. The molecular formula is C61H78N10O13S. The van der Waals surface area contributed by atoms with Gasteiger partial charge >= 0.3 is 5.97 Å². The van der Waals surface area contributed by atoms with Crippen LogP contribution in [0.3, 0.4) is 0 Å². The second kappa shape index (κ2) is 26.9. The summed E-state index contributed by atoms with van der Waals surface area (Å²) in [6.45, 7) is 11.1. The number of rotatable bonds is 25. The number of imidazole rings is 1. The van der Waals surface area contributed by atoms with Crippen molar-refractivity contribution in [3.8, 4) is 5.75 Å². The maximum Gasteiger partial charge on any atom is 0.306 e. The van der Waals surface area contributed by atoms with E-state index in [4.69, 9.17) is 36.1 Å². The van der Waals surface area contributed by atoms with E-state index in [1.807, 2.05) is 43.0 Å². The van der Waals surface area contributed by atoms with Crippen molar-refractivity contribution >= 4 is 75.2 Å². The zero-order valence-corrected chi connectivity index (χ0v) is 49.9. The van der Waals surface area contributed by atoms with Gasteiger partial charge in [-0.3, -0.25) is 33.6 Å². The Morgan fingerprint density at radius 3 is 2.44 bits per heavy atom. The molecule has 0 bridgehead atoms. The number of aliphatic hydroxyl groups excluding tert-OH is 2. The number of hydrogen-bond donors (Lipinski definition) is 8. The van der Waals surface area contributed by atoms with Crippen LogP contribution in [0.15, 0.2) is 78.3 Å². The zero-order chi connectivity index (χ0) is 60.9. The Hall–Kier alpha value is -7.38. The minimum atomic E-state index is -1.25. The first-order chi connectivity index (χ1) is 40.7. The van der Waals surface area contributed by atoms with Crippen LogP contribution in [0.2, 0.25) is 0 Å². The minimum absolute atomic E-state index is 0.0417. The fourth-order valence-electron chi connectivity index (χ4n) is 12.2. The van der Waals surface area contributed by atoms with Crippen molar-refractivity contribution < 1.29 is 62.7 Å². The number of nitrogens with zero attached hydrogens (tertiary/aromatic N) is 4. The Balaban J connectivity index is 0.755. The van der Waals surface area contributed by atoms with Gasteiger partial charge in [0.1, 0.15) is 48.8 Å². The van der Waals surface area contributed by atoms with Gasteiger partial charge in [-0.15, -0.1) is 0 Å². The molecule has 8 N–H and O–H groups in total. The molecule has 0 radical (unpaired) electrons. The first-order valence-electron chi connectivity index (χ1n) is 29.4. The molecule has 6 heterocycles. The Bertz CT molecular complexity index is 3180. The van der Waals surface area contributed by atoms with Gasteiger partial charge in [0, 0.05) is 61.9 Å². The van der Waals surface area contributed by atoms with Gasteiger partial charge < -0.3 is 70.5 Å². The van der Waals surface area contributed by atoms with E-state index >= 15 is 0 Å². The molecule has 1 saturated carbocycles. The second-order valence-electron chi connectivity index (χ2n) is 23.5. The lowest BCUT2D eigenvalue weighted by atomic mass is 9.90. The molecule has 4 aromatic rings. The van der Waals surface area contributed by atoms with Crippen molar-refractivity contribution in [3.05, 3.63) is 95.2 Å². The number of para-hydroxylation sites is 1. The van der Waals surface area contributed by atoms with Gasteiger partial charge in [0.25, 0.3) is 5.91 Å². The number of benzene rings is 2. The molecule has 3 fully saturated rings. The summed E-state index contributed by atoms with van der Waals surface area (Å²) in [5, 5.41) is 36.4. The van der Waals surface area contributed by atoms with Crippen LogP contribution in [0.25, 0.3) is 10.9 Å². The number of fused-ring (bicyclic) bond motifs is 2. The number of H-pyrrole nitrogens is 1. The summed E-state index contributed by atoms with van der Waals surface area (Å²) in [4.78, 5) is 113. The smallest absolute Gasteiger partial charge is 0.306 e. The largest absolute Gasteiger partial charge is 0.462 e. The van der Waals surface area contributed by atoms with Gasteiger partial charge in [-0.05, 0) is 105 Å². The number of carbonyl (C=O) groups excluding carboxylic acids is 7. The van der Waals surface area contributed by atoms with Crippen LogP contribution in [0, 0.1) is 17.8 Å². The number of thiocarbonyl (C=S) groups is 1. The lowest BCUT2D eigenvalue weighted by Gasteiger charge is -2.40. The Kier molecular flexibility index (Phi) is 19.7. The van der Waals surface area contributed by atoms with Crippen LogP contribution in [0.1, 0.15) is 110 Å². The molecule has 2 saturated heterocycles. The molecule has 2 aromatic heterocycles. The Morgan fingerprint density at radius 1 is 0.965 bits per heavy atom. The van der Waals surface area contributed by atoms with Crippen molar-refractivity contribution in [3.63, 3.8) is 0 Å². The van der Waals surface area contributed by atoms with Crippen LogP contribution >= 0.6 is 12.2 Å². The normalized spacial score (nSPS) is 24.2. The number of esters is 1. The minimum Gasteiger partial charge on any atom is -0.462 e. The summed E-state index contributed by atoms with van der Waals surface area (Å²) in [6, 6.07) is 12.7. The molecule has 23 nitrogen and oxygen atoms in total. The molecule has 2 aromatic carbocycles. The molecule has 5 aliphatic rings. The molecule has 11 atom stereocenters. The third-order valence-electron chi connectivity index (χ3n) is 16.7. The third-order valence-corrected chi connectivity index (χ3v) is 17.0. The number of carbonyl (C=O) groups is 7. The van der Waals surface area contributed by atoms with E-state index in [2.05, 4.69) is 49.5 Å². The van der Waals surface area contributed by atoms with E-state index < -0.39 is 108 Å². The SMILES string of the molecule is CCCC1=C(COC(=O)CCC(=O)C(NC(=O)C(Cc2cnc[nH]2)NC(=O)CNC(=O)C(CC(C)C)NC(=O)[C@H]2CCCN2C(=S)Nc2ccc(O[C@@H]3OC(C)[C@H](O)C(OC)C3O)cc2)C(C)C)C(=O)N2Cc3cc4ccccc4nc3C23CC13. The first kappa shape index (κ1) is 62.2. The number of aromatic nitrogens is 3. The van der Waals surface area contributed by atoms with Gasteiger partial charge in [0.05, 0.1) is 53.8 Å². The molecule has 9 rings (SSSR count). The van der Waals surface area contributed by atoms with E-state index in [0.29, 0.717) is 55.1 Å². The quantitative estimate of drug-likeness (QED) is 0.0346. The lowest BCUT2D eigenvalue weighted by molar-refractivity contribution is -0.272. The molecule has 1 aliphatic carbocycles. The standard InChI is InChI=1S/C61H78N10O13S/c1-8-12-40-41(58(80)71-29-36-24-35-13-9-10-14-43(35)67-54(36)61(71)26-42(40)61)30-82-49(74)21-20-47(72)50(33(4)5)69-56(78)45(25-38-27-62-31-64-38)66-48(73)28-63-55(77)44(23-32(2)3)68-57(79)46-15-11-22-70(46)60(85)65-37-16-18-39(19-17-37)84-59-52(76)53(81-7)51(75)34(6)83-59/h9-10,13-14,16-19,24,27,31-34,42,44-46,50-53,59,75-76H,8,11-12,15,20-23,25-26,28-30H2,1-7H3,(H,62,64)(H,63,77)(H,65,85)(H,66,73)(H,68,79)(H,69,78)/t34?,42?,44?,45?,46-,50?,51+,52?,53?,59+,61?/m1/s1. The number of aliphatic hydroxyl groups is 2. The Morgan fingerprint density at radius 2 is 1.73 bits per heavy atom. The van der Waals surface area contributed by atoms with Gasteiger partial charge in [0.15, 0.2) is 10.9 Å². The highest BCUT2D eigenvalue weighted by Gasteiger charge is 2.69. The van der Waals surface area contributed by atoms with E-state index in [-0.39, 0.29) is 55.1 Å². The van der Waals surface area contributed by atoms with Gasteiger partial charge in [-0.1, -0.05) is 64.8 Å². The topological polar surface area (TPSA) is 305 Å². The number of hydrogen-bond acceptors (Lipinski definition) is 16. The number of nitrogens with one attached hydrogen (secondary N) is 6. The number of aromatic amines is 1. The van der Waals surface area contributed by atoms with Crippen molar-refractivity contribution in [1.29, 1.82) is 0 Å². The molecule has 24 heteroatoms. The van der Waals surface area contributed by atoms with Crippen LogP contribution in [0.5, 0.6) is 5.75 Å². The highest BCUT2D eigenvalue weighted by molar-refractivity contribution is 7.80. The zero-order valence-electron chi connectivity index (χ0n) is 49.1. The number of anilines is 1. The van der Waals surface area contributed by atoms with Crippen molar-refractivity contribution in [2.75, 3.05) is 32.1 Å². The summed E-state index contributed by atoms with van der Waals surface area (Å²) in [7, 11) is 1.39. The van der Waals surface area contributed by atoms with Crippen molar-refractivity contribution in [2.45, 2.75) is 166 Å². The summed E-state index contributed by atoms with van der Waals surface area (Å²) in [5.74, 6) is -3.72. The molecule has 8 unspecified atom stereocenters. The van der Waals surface area contributed by atoms with E-state index in [0.717, 1.165) is 40.6 Å². The number of amides is 5. The molecule has 1 spiro atoms. The first-order valence-corrected chi connectivity index (χ1v) is 29.8. The second-order valence-corrected chi connectivity index (χ2v) is 23.9. The lowest BCUT2D eigenvalue weighted by Crippen LogP contribution is -2.59.